The summed E-state index contributed by atoms with van der Waals surface area (Å²) in [6.45, 7) is 0.836. The third-order valence-corrected chi connectivity index (χ3v) is 6.19. The minimum atomic E-state index is -1.09. The van der Waals surface area contributed by atoms with Crippen LogP contribution in [0.5, 0.6) is 11.6 Å². The summed E-state index contributed by atoms with van der Waals surface area (Å²) in [5.74, 6) is 2.20. The van der Waals surface area contributed by atoms with Crippen LogP contribution in [-0.4, -0.2) is 40.9 Å². The number of benzene rings is 3. The molecule has 0 spiro atoms. The van der Waals surface area contributed by atoms with E-state index in [0.717, 1.165) is 10.1 Å². The summed E-state index contributed by atoms with van der Waals surface area (Å²) < 4.78 is 11.6. The summed E-state index contributed by atoms with van der Waals surface area (Å²) in [5.41, 5.74) is 1.79. The van der Waals surface area contributed by atoms with Gasteiger partial charge in [-0.2, -0.15) is 0 Å². The molecule has 0 aliphatic heterocycles. The van der Waals surface area contributed by atoms with E-state index in [1.807, 2.05) is 30.3 Å². The molecule has 9 heteroatoms. The predicted octanol–water partition coefficient (Wildman–Crippen LogP) is 4.63. The van der Waals surface area contributed by atoms with E-state index in [0.29, 0.717) is 35.8 Å². The average Bonchev–Trinajstić information content (AvgIpc) is 3.22. The third-order valence-electron chi connectivity index (χ3n) is 5.88. The normalized spacial score (nSPS) is 11.5. The Balaban J connectivity index is 1.67. The average molecular weight is 532 g/mol. The highest BCUT2D eigenvalue weighted by molar-refractivity contribution is 6.33. The zero-order chi connectivity index (χ0) is 27.1. The van der Waals surface area contributed by atoms with Gasteiger partial charge in [0.2, 0.25) is 11.8 Å². The summed E-state index contributed by atoms with van der Waals surface area (Å²) in [5, 5.41) is 14.2. The lowest BCUT2D eigenvalue weighted by atomic mass is 10.0. The third kappa shape index (κ3) is 6.09. The molecule has 4 aromatic rings. The second kappa shape index (κ2) is 12.2. The number of ether oxygens (including phenoxy) is 2. The van der Waals surface area contributed by atoms with Crippen LogP contribution >= 0.6 is 11.6 Å². The number of carbonyl (C=O) groups excluding carboxylic acids is 1. The van der Waals surface area contributed by atoms with E-state index in [1.165, 1.54) is 0 Å². The van der Waals surface area contributed by atoms with Gasteiger partial charge in [0.05, 0.1) is 17.3 Å². The molecule has 194 valence electrons. The molecular weight excluding hydrogens is 506 g/mol. The van der Waals surface area contributed by atoms with Crippen LogP contribution < -0.4 is 15.7 Å². The van der Waals surface area contributed by atoms with Gasteiger partial charge in [0, 0.05) is 24.7 Å². The van der Waals surface area contributed by atoms with Gasteiger partial charge in [-0.1, -0.05) is 47.9 Å². The number of halogens is 1. The van der Waals surface area contributed by atoms with Crippen molar-refractivity contribution in [2.24, 2.45) is 0 Å². The van der Waals surface area contributed by atoms with Gasteiger partial charge in [-0.3, -0.25) is 4.79 Å². The number of aromatic nitrogens is 2. The lowest BCUT2D eigenvalue weighted by Crippen LogP contribution is -2.33. The monoisotopic (exact) mass is 531 g/mol. The van der Waals surface area contributed by atoms with E-state index in [2.05, 4.69) is 16.2 Å². The molecule has 0 saturated heterocycles. The van der Waals surface area contributed by atoms with Crippen LogP contribution in [0.25, 0.3) is 11.3 Å². The molecular formula is C29H26ClN3O5. The number of methoxy groups -OCH3 is 1. The topological polar surface area (TPSA) is 106 Å². The molecule has 0 radical (unpaired) electrons. The van der Waals surface area contributed by atoms with E-state index >= 15 is 0 Å². The Morgan fingerprint density at radius 2 is 1.87 bits per heavy atom. The predicted molar refractivity (Wildman–Crippen MR) is 147 cm³/mol. The Hall–Kier alpha value is -4.45. The molecule has 1 amide bonds. The minimum absolute atomic E-state index is 0.143. The van der Waals surface area contributed by atoms with Crippen molar-refractivity contribution in [3.05, 3.63) is 99.4 Å². The maximum atomic E-state index is 13.5. The van der Waals surface area contributed by atoms with E-state index < -0.39 is 17.6 Å². The number of carbonyl (C=O) groups is 1. The van der Waals surface area contributed by atoms with Gasteiger partial charge >= 0.3 is 5.69 Å². The number of hydrogen-bond donors (Lipinski definition) is 3. The minimum Gasteiger partial charge on any atom is -0.493 e. The molecule has 38 heavy (non-hydrogen) atoms. The number of rotatable bonds is 10. The maximum Gasteiger partial charge on any atom is 0.329 e. The Kier molecular flexibility index (Phi) is 8.54. The zero-order valence-electron chi connectivity index (χ0n) is 20.6. The Labute approximate surface area is 224 Å². The number of nitrogens with one attached hydrogen (secondary N) is 2. The summed E-state index contributed by atoms with van der Waals surface area (Å²) in [4.78, 5) is 29.3. The second-order valence-corrected chi connectivity index (χ2v) is 8.81. The van der Waals surface area contributed by atoms with Crippen LogP contribution in [0.15, 0.2) is 77.6 Å². The van der Waals surface area contributed by atoms with Gasteiger partial charge in [-0.05, 0) is 48.0 Å². The van der Waals surface area contributed by atoms with Crippen molar-refractivity contribution < 1.29 is 19.4 Å². The number of nitrogens with zero attached hydrogens (tertiary/aromatic N) is 1. The highest BCUT2D eigenvalue weighted by Crippen LogP contribution is 2.31. The second-order valence-electron chi connectivity index (χ2n) is 8.40. The first-order valence-corrected chi connectivity index (χ1v) is 12.2. The highest BCUT2D eigenvalue weighted by atomic mass is 35.5. The molecule has 0 bridgehead atoms. The number of aromatic hydroxyl groups is 1. The molecule has 0 aliphatic carbocycles. The molecule has 3 aromatic carbocycles. The van der Waals surface area contributed by atoms with Crippen molar-refractivity contribution in [1.29, 1.82) is 0 Å². The summed E-state index contributed by atoms with van der Waals surface area (Å²) in [6, 6.07) is 19.8. The highest BCUT2D eigenvalue weighted by Gasteiger charge is 2.28. The summed E-state index contributed by atoms with van der Waals surface area (Å²) in [6.07, 6.45) is 5.56. The summed E-state index contributed by atoms with van der Waals surface area (Å²) >= 11 is 6.31. The molecule has 0 aliphatic rings. The smallest absolute Gasteiger partial charge is 0.329 e. The van der Waals surface area contributed by atoms with E-state index in [4.69, 9.17) is 27.5 Å². The first-order chi connectivity index (χ1) is 18.4. The molecule has 1 atom stereocenters. The fraction of sp³-hybridized carbons (Fsp3) is 0.172. The van der Waals surface area contributed by atoms with Crippen LogP contribution in [0.1, 0.15) is 17.2 Å². The molecule has 0 unspecified atom stereocenters. The van der Waals surface area contributed by atoms with E-state index in [9.17, 15) is 14.7 Å². The zero-order valence-corrected chi connectivity index (χ0v) is 21.4. The van der Waals surface area contributed by atoms with Crippen LogP contribution in [-0.2, 0) is 16.0 Å². The number of amides is 1. The first kappa shape index (κ1) is 26.6. The van der Waals surface area contributed by atoms with E-state index in [-0.39, 0.29) is 23.0 Å². The van der Waals surface area contributed by atoms with Gasteiger partial charge in [0.1, 0.15) is 24.1 Å². The van der Waals surface area contributed by atoms with Crippen molar-refractivity contribution in [2.45, 2.75) is 12.5 Å². The van der Waals surface area contributed by atoms with Crippen molar-refractivity contribution in [3.63, 3.8) is 0 Å². The number of aromatic amines is 1. The molecule has 1 aromatic heterocycles. The number of terminal acetylenes is 1. The summed E-state index contributed by atoms with van der Waals surface area (Å²) in [7, 11) is 1.59. The number of imidazole rings is 1. The number of hydrogen-bond acceptors (Lipinski definition) is 5. The molecule has 3 N–H and O–H groups in total. The van der Waals surface area contributed by atoms with Crippen molar-refractivity contribution >= 4 is 23.2 Å². The number of H-pyrrole nitrogens is 1. The van der Waals surface area contributed by atoms with Crippen molar-refractivity contribution in [3.8, 4) is 35.2 Å². The fourth-order valence-corrected chi connectivity index (χ4v) is 4.18. The Morgan fingerprint density at radius 1 is 1.13 bits per heavy atom. The van der Waals surface area contributed by atoms with Crippen LogP contribution in [0.3, 0.4) is 0 Å². The van der Waals surface area contributed by atoms with Crippen molar-refractivity contribution in [1.82, 2.24) is 9.55 Å². The van der Waals surface area contributed by atoms with Gasteiger partial charge in [-0.15, -0.1) is 6.42 Å². The molecule has 8 nitrogen and oxygen atoms in total. The quantitative estimate of drug-likeness (QED) is 0.204. The lowest BCUT2D eigenvalue weighted by Gasteiger charge is -2.19. The van der Waals surface area contributed by atoms with E-state index in [1.54, 1.807) is 49.6 Å². The van der Waals surface area contributed by atoms with Crippen LogP contribution in [0, 0.1) is 12.3 Å². The first-order valence-electron chi connectivity index (χ1n) is 11.8. The SMILES string of the molecule is C#Cc1ccc(NC(=O)[C@H](Cc2ccccc2)n2c(O)c(-c3ccc(OCCOC)cc3)[nH]c2=O)c(Cl)c1. The largest absolute Gasteiger partial charge is 0.493 e. The standard InChI is InChI=1S/C29H26ClN3O5/c1-3-19-9-14-24(23(30)17-19)31-27(34)25(18-20-7-5-4-6-8-20)33-28(35)26(32-29(33)36)21-10-12-22(13-11-21)38-16-15-37-2/h1,4-14,17,25,35H,15-16,18H2,2H3,(H,31,34)(H,32,36)/t25-/m0/s1. The van der Waals surface area contributed by atoms with Gasteiger partial charge < -0.3 is 24.9 Å². The molecule has 0 fully saturated rings. The van der Waals surface area contributed by atoms with Gasteiger partial charge in [0.25, 0.3) is 0 Å². The molecule has 1 heterocycles. The van der Waals surface area contributed by atoms with Gasteiger partial charge in [-0.25, -0.2) is 9.36 Å². The number of anilines is 1. The Bertz CT molecular complexity index is 1500. The Morgan fingerprint density at radius 3 is 2.53 bits per heavy atom. The van der Waals surface area contributed by atoms with Crippen molar-refractivity contribution in [2.75, 3.05) is 25.6 Å². The fourth-order valence-electron chi connectivity index (χ4n) is 3.95. The van der Waals surface area contributed by atoms with Crippen LogP contribution in [0.4, 0.5) is 5.69 Å². The molecule has 4 rings (SSSR count). The lowest BCUT2D eigenvalue weighted by molar-refractivity contribution is -0.119. The van der Waals surface area contributed by atoms with Crippen LogP contribution in [0.2, 0.25) is 5.02 Å². The maximum absolute atomic E-state index is 13.5. The molecule has 0 saturated carbocycles. The van der Waals surface area contributed by atoms with Gasteiger partial charge in [0.15, 0.2) is 0 Å².